The maximum atomic E-state index is 11.8. The molecular weight excluding hydrogens is 228 g/mol. The quantitative estimate of drug-likeness (QED) is 0.594. The van der Waals surface area contributed by atoms with Gasteiger partial charge in [-0.1, -0.05) is 0 Å². The topological polar surface area (TPSA) is 60.4 Å². The van der Waals surface area contributed by atoms with E-state index in [1.807, 2.05) is 0 Å². The predicted octanol–water partition coefficient (Wildman–Crippen LogP) is 1.55. The van der Waals surface area contributed by atoms with Crippen LogP contribution in [0, 0.1) is 0 Å². The van der Waals surface area contributed by atoms with Gasteiger partial charge in [0.15, 0.2) is 9.84 Å². The molecular formula is C11H12O4S. The third kappa shape index (κ3) is 2.24. The van der Waals surface area contributed by atoms with Crippen molar-refractivity contribution in [2.45, 2.75) is 29.9 Å². The van der Waals surface area contributed by atoms with Crippen LogP contribution in [0.25, 0.3) is 0 Å². The van der Waals surface area contributed by atoms with E-state index in [2.05, 4.69) is 0 Å². The molecule has 0 saturated heterocycles. The van der Waals surface area contributed by atoms with E-state index in [4.69, 9.17) is 4.74 Å². The van der Waals surface area contributed by atoms with Crippen molar-refractivity contribution >= 4 is 15.8 Å². The Hall–Kier alpha value is -1.36. The molecule has 0 spiro atoms. The monoisotopic (exact) mass is 240 g/mol. The van der Waals surface area contributed by atoms with E-state index in [0.717, 1.165) is 12.8 Å². The van der Waals surface area contributed by atoms with Crippen molar-refractivity contribution in [3.8, 4) is 5.75 Å². The zero-order chi connectivity index (χ0) is 11.8. The summed E-state index contributed by atoms with van der Waals surface area (Å²) in [6.45, 7) is 1.30. The van der Waals surface area contributed by atoms with Crippen molar-refractivity contribution < 1.29 is 17.9 Å². The van der Waals surface area contributed by atoms with Crippen LogP contribution in [0.2, 0.25) is 0 Å². The summed E-state index contributed by atoms with van der Waals surface area (Å²) in [6.07, 6.45) is 1.49. The van der Waals surface area contributed by atoms with Crippen molar-refractivity contribution in [1.29, 1.82) is 0 Å². The van der Waals surface area contributed by atoms with E-state index in [-0.39, 0.29) is 5.25 Å². The van der Waals surface area contributed by atoms with Gasteiger partial charge in [0.05, 0.1) is 10.1 Å². The first-order chi connectivity index (χ1) is 7.50. The molecule has 0 atom stereocenters. The summed E-state index contributed by atoms with van der Waals surface area (Å²) in [4.78, 5) is 11.0. The first-order valence-electron chi connectivity index (χ1n) is 5.02. The van der Waals surface area contributed by atoms with Gasteiger partial charge in [-0.05, 0) is 37.1 Å². The van der Waals surface area contributed by atoms with Gasteiger partial charge in [0, 0.05) is 6.92 Å². The van der Waals surface area contributed by atoms with Crippen LogP contribution in [0.3, 0.4) is 0 Å². The highest BCUT2D eigenvalue weighted by molar-refractivity contribution is 7.92. The van der Waals surface area contributed by atoms with E-state index < -0.39 is 15.8 Å². The summed E-state index contributed by atoms with van der Waals surface area (Å²) in [5, 5.41) is -0.216. The fourth-order valence-electron chi connectivity index (χ4n) is 1.43. The molecule has 16 heavy (non-hydrogen) atoms. The fourth-order valence-corrected chi connectivity index (χ4v) is 3.09. The number of ether oxygens (including phenoxy) is 1. The maximum absolute atomic E-state index is 11.8. The van der Waals surface area contributed by atoms with Crippen LogP contribution in [0.1, 0.15) is 19.8 Å². The predicted molar refractivity (Wildman–Crippen MR) is 58.0 cm³/mol. The van der Waals surface area contributed by atoms with Gasteiger partial charge >= 0.3 is 5.97 Å². The van der Waals surface area contributed by atoms with Crippen molar-refractivity contribution in [2.24, 2.45) is 0 Å². The van der Waals surface area contributed by atoms with Crippen molar-refractivity contribution in [1.82, 2.24) is 0 Å². The maximum Gasteiger partial charge on any atom is 0.308 e. The van der Waals surface area contributed by atoms with Crippen LogP contribution in [0.15, 0.2) is 29.2 Å². The van der Waals surface area contributed by atoms with Gasteiger partial charge in [-0.25, -0.2) is 8.42 Å². The third-order valence-corrected chi connectivity index (χ3v) is 4.66. The Bertz CT molecular complexity index is 497. The summed E-state index contributed by atoms with van der Waals surface area (Å²) in [7, 11) is -3.15. The highest BCUT2D eigenvalue weighted by Crippen LogP contribution is 2.33. The average molecular weight is 240 g/mol. The van der Waals surface area contributed by atoms with Gasteiger partial charge in [0.1, 0.15) is 5.75 Å². The number of esters is 1. The standard InChI is InChI=1S/C11H12O4S/c1-8(12)15-9-2-4-10(5-3-9)16(13,14)11-6-7-11/h2-5,11H,6-7H2,1H3. The average Bonchev–Trinajstić information content (AvgIpc) is 3.00. The molecule has 86 valence electrons. The summed E-state index contributed by atoms with van der Waals surface area (Å²) in [6, 6.07) is 5.95. The zero-order valence-corrected chi connectivity index (χ0v) is 9.66. The highest BCUT2D eigenvalue weighted by atomic mass is 32.2. The molecule has 1 aliphatic carbocycles. The lowest BCUT2D eigenvalue weighted by atomic mass is 10.3. The van der Waals surface area contributed by atoms with Crippen LogP contribution in [0.4, 0.5) is 0 Å². The molecule has 0 bridgehead atoms. The van der Waals surface area contributed by atoms with Gasteiger partial charge in [0.25, 0.3) is 0 Å². The largest absolute Gasteiger partial charge is 0.427 e. The van der Waals surface area contributed by atoms with Gasteiger partial charge in [0.2, 0.25) is 0 Å². The van der Waals surface area contributed by atoms with Gasteiger partial charge in [-0.3, -0.25) is 4.79 Å². The Morgan fingerprint density at radius 3 is 2.25 bits per heavy atom. The summed E-state index contributed by atoms with van der Waals surface area (Å²) < 4.78 is 28.5. The molecule has 0 radical (unpaired) electrons. The Labute approximate surface area is 94.2 Å². The first-order valence-corrected chi connectivity index (χ1v) is 6.57. The molecule has 1 fully saturated rings. The van der Waals surface area contributed by atoms with Crippen molar-refractivity contribution in [3.05, 3.63) is 24.3 Å². The molecule has 0 amide bonds. The van der Waals surface area contributed by atoms with E-state index >= 15 is 0 Å². The number of rotatable bonds is 3. The second-order valence-corrected chi connectivity index (χ2v) is 6.04. The molecule has 1 saturated carbocycles. The molecule has 0 aliphatic heterocycles. The number of hydrogen-bond acceptors (Lipinski definition) is 4. The van der Waals surface area contributed by atoms with Gasteiger partial charge in [-0.15, -0.1) is 0 Å². The van der Waals surface area contributed by atoms with Crippen LogP contribution < -0.4 is 4.74 Å². The molecule has 5 heteroatoms. The van der Waals surface area contributed by atoms with Crippen molar-refractivity contribution in [3.63, 3.8) is 0 Å². The molecule has 4 nitrogen and oxygen atoms in total. The Kier molecular flexibility index (Phi) is 2.71. The second kappa shape index (κ2) is 3.90. The van der Waals surface area contributed by atoms with Crippen LogP contribution in [-0.2, 0) is 14.6 Å². The SMILES string of the molecule is CC(=O)Oc1ccc(S(=O)(=O)C2CC2)cc1. The van der Waals surface area contributed by atoms with Crippen molar-refractivity contribution in [2.75, 3.05) is 0 Å². The molecule has 1 aromatic carbocycles. The van der Waals surface area contributed by atoms with E-state index in [9.17, 15) is 13.2 Å². The summed E-state index contributed by atoms with van der Waals surface area (Å²) in [5.74, 6) is -0.0555. The number of sulfone groups is 1. The highest BCUT2D eigenvalue weighted by Gasteiger charge is 2.36. The Morgan fingerprint density at radius 2 is 1.81 bits per heavy atom. The molecule has 0 N–H and O–H groups in total. The number of benzene rings is 1. The van der Waals surface area contributed by atoms with Gasteiger partial charge < -0.3 is 4.74 Å². The van der Waals surface area contributed by atoms with Crippen LogP contribution in [-0.4, -0.2) is 19.6 Å². The minimum Gasteiger partial charge on any atom is -0.427 e. The molecule has 0 unspecified atom stereocenters. The number of hydrogen-bond donors (Lipinski definition) is 0. The molecule has 1 aliphatic rings. The second-order valence-electron chi connectivity index (χ2n) is 3.81. The molecule has 2 rings (SSSR count). The van der Waals surface area contributed by atoms with Gasteiger partial charge in [-0.2, -0.15) is 0 Å². The molecule has 0 aromatic heterocycles. The lowest BCUT2D eigenvalue weighted by molar-refractivity contribution is -0.131. The van der Waals surface area contributed by atoms with E-state index in [1.165, 1.54) is 31.2 Å². The first kappa shape index (κ1) is 11.1. The normalized spacial score (nSPS) is 15.8. The Morgan fingerprint density at radius 1 is 1.25 bits per heavy atom. The molecule has 1 aromatic rings. The van der Waals surface area contributed by atoms with E-state index in [0.29, 0.717) is 10.6 Å². The summed E-state index contributed by atoms with van der Waals surface area (Å²) in [5.41, 5.74) is 0. The number of carbonyl (C=O) groups is 1. The molecule has 0 heterocycles. The van der Waals surface area contributed by atoms with Crippen LogP contribution >= 0.6 is 0 Å². The Balaban J connectivity index is 2.22. The number of carbonyl (C=O) groups excluding carboxylic acids is 1. The lowest BCUT2D eigenvalue weighted by Gasteiger charge is -2.04. The smallest absolute Gasteiger partial charge is 0.308 e. The lowest BCUT2D eigenvalue weighted by Crippen LogP contribution is -2.07. The van der Waals surface area contributed by atoms with Crippen LogP contribution in [0.5, 0.6) is 5.75 Å². The fraction of sp³-hybridized carbons (Fsp3) is 0.364. The zero-order valence-electron chi connectivity index (χ0n) is 8.84. The minimum absolute atomic E-state index is 0.216. The summed E-state index contributed by atoms with van der Waals surface area (Å²) >= 11 is 0. The third-order valence-electron chi connectivity index (χ3n) is 2.38. The van der Waals surface area contributed by atoms with E-state index in [1.54, 1.807) is 0 Å². The minimum atomic E-state index is -3.15.